The fourth-order valence-corrected chi connectivity index (χ4v) is 4.50. The quantitative estimate of drug-likeness (QED) is 0.870. The number of nitrogens with one attached hydrogen (secondary N) is 1. The van der Waals surface area contributed by atoms with E-state index in [0.29, 0.717) is 17.7 Å². The largest absolute Gasteiger partial charge is 0.467 e. The van der Waals surface area contributed by atoms with Gasteiger partial charge in [-0.15, -0.1) is 11.3 Å². The standard InChI is InChI=1S/C18H21NO3S/c1-12-13-8-4-5-9-14(13)23-15(12)16(20)19-18(17(21)22-2)10-6-3-7-11-18/h4-5,8-9H,3,6-7,10-11H2,1-2H3,(H,19,20). The SMILES string of the molecule is COC(=O)C1(NC(=O)c2sc3ccccc3c2C)CCCCC1. The summed E-state index contributed by atoms with van der Waals surface area (Å²) in [7, 11) is 1.38. The maximum absolute atomic E-state index is 12.8. The molecule has 0 bridgehead atoms. The van der Waals surface area contributed by atoms with Crippen molar-refractivity contribution in [3.8, 4) is 0 Å². The molecule has 1 heterocycles. The molecule has 0 aliphatic heterocycles. The topological polar surface area (TPSA) is 55.4 Å². The molecule has 0 radical (unpaired) electrons. The van der Waals surface area contributed by atoms with Crippen LogP contribution in [0.1, 0.15) is 47.3 Å². The molecule has 122 valence electrons. The molecule has 4 nitrogen and oxygen atoms in total. The molecule has 0 saturated heterocycles. The molecule has 5 heteroatoms. The third kappa shape index (κ3) is 2.85. The van der Waals surface area contributed by atoms with Crippen LogP contribution in [0.3, 0.4) is 0 Å². The van der Waals surface area contributed by atoms with Crippen LogP contribution >= 0.6 is 11.3 Å². The highest BCUT2D eigenvalue weighted by Gasteiger charge is 2.42. The first-order valence-corrected chi connectivity index (χ1v) is 8.78. The van der Waals surface area contributed by atoms with Gasteiger partial charge in [0.1, 0.15) is 5.54 Å². The van der Waals surface area contributed by atoms with Crippen molar-refractivity contribution in [2.75, 3.05) is 7.11 Å². The number of rotatable bonds is 3. The van der Waals surface area contributed by atoms with Crippen LogP contribution in [-0.4, -0.2) is 24.5 Å². The minimum Gasteiger partial charge on any atom is -0.467 e. The molecule has 0 atom stereocenters. The Labute approximate surface area is 139 Å². The average Bonchev–Trinajstić information content (AvgIpc) is 2.92. The fraction of sp³-hybridized carbons (Fsp3) is 0.444. The summed E-state index contributed by atoms with van der Waals surface area (Å²) in [5, 5.41) is 4.09. The molecule has 0 unspecified atom stereocenters. The van der Waals surface area contributed by atoms with Crippen molar-refractivity contribution >= 4 is 33.3 Å². The zero-order valence-corrected chi connectivity index (χ0v) is 14.3. The maximum Gasteiger partial charge on any atom is 0.331 e. The number of carbonyl (C=O) groups is 2. The van der Waals surface area contributed by atoms with Crippen LogP contribution in [0, 0.1) is 6.92 Å². The lowest BCUT2D eigenvalue weighted by Gasteiger charge is -2.35. The van der Waals surface area contributed by atoms with Crippen LogP contribution in [0.15, 0.2) is 24.3 Å². The molecular weight excluding hydrogens is 310 g/mol. The number of methoxy groups -OCH3 is 1. The molecule has 1 aliphatic rings. The van der Waals surface area contributed by atoms with E-state index in [4.69, 9.17) is 4.74 Å². The van der Waals surface area contributed by atoms with Gasteiger partial charge in [0.05, 0.1) is 12.0 Å². The van der Waals surface area contributed by atoms with Crippen molar-refractivity contribution < 1.29 is 14.3 Å². The highest BCUT2D eigenvalue weighted by molar-refractivity contribution is 7.21. The van der Waals surface area contributed by atoms with Gasteiger partial charge < -0.3 is 10.1 Å². The average molecular weight is 331 g/mol. The van der Waals surface area contributed by atoms with Crippen molar-refractivity contribution in [1.82, 2.24) is 5.32 Å². The molecule has 1 N–H and O–H groups in total. The number of hydrogen-bond acceptors (Lipinski definition) is 4. The van der Waals surface area contributed by atoms with Gasteiger partial charge in [-0.2, -0.15) is 0 Å². The molecule has 1 fully saturated rings. The van der Waals surface area contributed by atoms with E-state index in [1.54, 1.807) is 0 Å². The Bertz CT molecular complexity index is 744. The predicted molar refractivity (Wildman–Crippen MR) is 91.9 cm³/mol. The number of carbonyl (C=O) groups excluding carboxylic acids is 2. The monoisotopic (exact) mass is 331 g/mol. The summed E-state index contributed by atoms with van der Waals surface area (Å²) < 4.78 is 6.06. The number of amides is 1. The Morgan fingerprint density at radius 2 is 1.87 bits per heavy atom. The van der Waals surface area contributed by atoms with E-state index in [-0.39, 0.29) is 11.9 Å². The number of thiophene rings is 1. The molecule has 2 aromatic rings. The number of fused-ring (bicyclic) bond motifs is 1. The second-order valence-electron chi connectivity index (χ2n) is 6.14. The third-order valence-corrected chi connectivity index (χ3v) is 5.96. The molecule has 1 amide bonds. The molecule has 1 aromatic heterocycles. The van der Waals surface area contributed by atoms with Crippen LogP contribution in [-0.2, 0) is 9.53 Å². The van der Waals surface area contributed by atoms with Gasteiger partial charge in [0.2, 0.25) is 0 Å². The third-order valence-electron chi connectivity index (χ3n) is 4.69. The molecule has 23 heavy (non-hydrogen) atoms. The Morgan fingerprint density at radius 1 is 1.17 bits per heavy atom. The highest BCUT2D eigenvalue weighted by Crippen LogP contribution is 2.33. The summed E-state index contributed by atoms with van der Waals surface area (Å²) in [6.07, 6.45) is 4.25. The predicted octanol–water partition coefficient (Wildman–Crippen LogP) is 3.82. The normalized spacial score (nSPS) is 17.0. The summed E-state index contributed by atoms with van der Waals surface area (Å²) in [6.45, 7) is 1.96. The Hall–Kier alpha value is -1.88. The molecular formula is C18H21NO3S. The van der Waals surface area contributed by atoms with Gasteiger partial charge in [-0.25, -0.2) is 4.79 Å². The second kappa shape index (κ2) is 6.32. The molecule has 1 aliphatic carbocycles. The van der Waals surface area contributed by atoms with E-state index in [9.17, 15) is 9.59 Å². The van der Waals surface area contributed by atoms with Gasteiger partial charge in [0, 0.05) is 4.70 Å². The number of ether oxygens (including phenoxy) is 1. The van der Waals surface area contributed by atoms with Crippen molar-refractivity contribution in [2.24, 2.45) is 0 Å². The summed E-state index contributed by atoms with van der Waals surface area (Å²) in [5.41, 5.74) is 0.103. The van der Waals surface area contributed by atoms with E-state index in [2.05, 4.69) is 5.32 Å². The minimum absolute atomic E-state index is 0.170. The summed E-state index contributed by atoms with van der Waals surface area (Å²) >= 11 is 1.47. The van der Waals surface area contributed by atoms with E-state index in [1.165, 1.54) is 18.4 Å². The number of hydrogen-bond donors (Lipinski definition) is 1. The second-order valence-corrected chi connectivity index (χ2v) is 7.19. The highest BCUT2D eigenvalue weighted by atomic mass is 32.1. The van der Waals surface area contributed by atoms with Gasteiger partial charge in [-0.05, 0) is 36.8 Å². The van der Waals surface area contributed by atoms with Crippen molar-refractivity contribution in [1.29, 1.82) is 0 Å². The van der Waals surface area contributed by atoms with Crippen LogP contribution < -0.4 is 5.32 Å². The van der Waals surface area contributed by atoms with E-state index < -0.39 is 5.54 Å². The first-order chi connectivity index (χ1) is 11.1. The summed E-state index contributed by atoms with van der Waals surface area (Å²) in [4.78, 5) is 25.8. The molecule has 1 saturated carbocycles. The first kappa shape index (κ1) is 16.0. The minimum atomic E-state index is -0.868. The van der Waals surface area contributed by atoms with Crippen LogP contribution in [0.2, 0.25) is 0 Å². The van der Waals surface area contributed by atoms with Crippen molar-refractivity contribution in [3.05, 3.63) is 34.7 Å². The van der Waals surface area contributed by atoms with Gasteiger partial charge >= 0.3 is 5.97 Å². The summed E-state index contributed by atoms with van der Waals surface area (Å²) in [5.74, 6) is -0.500. The number of benzene rings is 1. The van der Waals surface area contributed by atoms with Crippen molar-refractivity contribution in [3.63, 3.8) is 0 Å². The van der Waals surface area contributed by atoms with E-state index in [1.807, 2.05) is 31.2 Å². The number of esters is 1. The maximum atomic E-state index is 12.8. The van der Waals surface area contributed by atoms with Gasteiger partial charge in [-0.1, -0.05) is 37.5 Å². The smallest absolute Gasteiger partial charge is 0.331 e. The molecule has 3 rings (SSSR count). The van der Waals surface area contributed by atoms with E-state index in [0.717, 1.165) is 34.9 Å². The fourth-order valence-electron chi connectivity index (χ4n) is 3.40. The van der Waals surface area contributed by atoms with E-state index >= 15 is 0 Å². The lowest BCUT2D eigenvalue weighted by atomic mass is 9.81. The first-order valence-electron chi connectivity index (χ1n) is 7.96. The Morgan fingerprint density at radius 3 is 2.52 bits per heavy atom. The van der Waals surface area contributed by atoms with Crippen LogP contribution in [0.25, 0.3) is 10.1 Å². The zero-order chi connectivity index (χ0) is 16.4. The molecule has 0 spiro atoms. The Balaban J connectivity index is 1.92. The Kier molecular flexibility index (Phi) is 4.39. The lowest BCUT2D eigenvalue weighted by molar-refractivity contribution is -0.149. The van der Waals surface area contributed by atoms with Crippen molar-refractivity contribution in [2.45, 2.75) is 44.6 Å². The van der Waals surface area contributed by atoms with Gasteiger partial charge in [-0.3, -0.25) is 4.79 Å². The lowest BCUT2D eigenvalue weighted by Crippen LogP contribution is -2.56. The van der Waals surface area contributed by atoms with Gasteiger partial charge in [0.15, 0.2) is 0 Å². The van der Waals surface area contributed by atoms with Crippen LogP contribution in [0.4, 0.5) is 0 Å². The zero-order valence-electron chi connectivity index (χ0n) is 13.5. The van der Waals surface area contributed by atoms with Gasteiger partial charge in [0.25, 0.3) is 5.91 Å². The van der Waals surface area contributed by atoms with Crippen LogP contribution in [0.5, 0.6) is 0 Å². The summed E-state index contributed by atoms with van der Waals surface area (Å²) in [6, 6.07) is 7.98. The molecule has 1 aromatic carbocycles. The number of aryl methyl sites for hydroxylation is 1.